The SMILES string of the molecule is Cc1nc2ccc(C(=O)N(C)Cc3cccnc3Cl)cc2nc1C. The fourth-order valence-electron chi connectivity index (χ4n) is 2.45. The van der Waals surface area contributed by atoms with Crippen LogP contribution in [0.2, 0.25) is 5.15 Å². The fraction of sp³-hybridized carbons (Fsp3) is 0.222. The van der Waals surface area contributed by atoms with Crippen molar-refractivity contribution in [1.82, 2.24) is 19.9 Å². The molecule has 0 aliphatic heterocycles. The summed E-state index contributed by atoms with van der Waals surface area (Å²) in [6.45, 7) is 4.22. The summed E-state index contributed by atoms with van der Waals surface area (Å²) in [5, 5.41) is 0.410. The minimum Gasteiger partial charge on any atom is -0.337 e. The van der Waals surface area contributed by atoms with Crippen LogP contribution in [0, 0.1) is 13.8 Å². The Hall–Kier alpha value is -2.53. The van der Waals surface area contributed by atoms with Gasteiger partial charge >= 0.3 is 0 Å². The summed E-state index contributed by atoms with van der Waals surface area (Å²) >= 11 is 6.06. The number of aromatic nitrogens is 3. The van der Waals surface area contributed by atoms with E-state index in [1.54, 1.807) is 36.3 Å². The molecule has 122 valence electrons. The fourth-order valence-corrected chi connectivity index (χ4v) is 2.63. The molecule has 1 amide bonds. The summed E-state index contributed by atoms with van der Waals surface area (Å²) in [5.41, 5.74) is 4.64. The Morgan fingerprint density at radius 1 is 1.12 bits per heavy atom. The summed E-state index contributed by atoms with van der Waals surface area (Å²) in [6, 6.07) is 9.04. The highest BCUT2D eigenvalue weighted by atomic mass is 35.5. The second-order valence-corrected chi connectivity index (χ2v) is 6.07. The molecule has 2 heterocycles. The van der Waals surface area contributed by atoms with E-state index in [-0.39, 0.29) is 5.91 Å². The number of benzene rings is 1. The van der Waals surface area contributed by atoms with Gasteiger partial charge in [-0.1, -0.05) is 17.7 Å². The lowest BCUT2D eigenvalue weighted by molar-refractivity contribution is 0.0785. The molecule has 0 atom stereocenters. The minimum absolute atomic E-state index is 0.100. The van der Waals surface area contributed by atoms with E-state index in [2.05, 4.69) is 15.0 Å². The largest absolute Gasteiger partial charge is 0.337 e. The monoisotopic (exact) mass is 340 g/mol. The Labute approximate surface area is 145 Å². The Kier molecular flexibility index (Phi) is 4.44. The molecule has 0 saturated carbocycles. The molecule has 0 fully saturated rings. The molecule has 24 heavy (non-hydrogen) atoms. The first-order valence-corrected chi connectivity index (χ1v) is 7.93. The average Bonchev–Trinajstić information content (AvgIpc) is 2.57. The number of halogens is 1. The third-order valence-electron chi connectivity index (χ3n) is 3.91. The molecule has 3 rings (SSSR count). The number of carbonyl (C=O) groups excluding carboxylic acids is 1. The van der Waals surface area contributed by atoms with E-state index in [4.69, 9.17) is 11.6 Å². The highest BCUT2D eigenvalue weighted by Gasteiger charge is 2.15. The number of hydrogen-bond acceptors (Lipinski definition) is 4. The number of pyridine rings is 1. The third kappa shape index (κ3) is 3.21. The Morgan fingerprint density at radius 2 is 1.83 bits per heavy atom. The van der Waals surface area contributed by atoms with Crippen molar-refractivity contribution < 1.29 is 4.79 Å². The maximum absolute atomic E-state index is 12.7. The minimum atomic E-state index is -0.100. The predicted octanol–water partition coefficient (Wildman–Crippen LogP) is 3.57. The van der Waals surface area contributed by atoms with E-state index in [9.17, 15) is 4.79 Å². The molecule has 1 aromatic carbocycles. The molecule has 0 saturated heterocycles. The van der Waals surface area contributed by atoms with Crippen molar-refractivity contribution in [3.8, 4) is 0 Å². The molecule has 0 radical (unpaired) electrons. The number of aryl methyl sites for hydroxylation is 2. The highest BCUT2D eigenvalue weighted by Crippen LogP contribution is 2.18. The normalized spacial score (nSPS) is 10.8. The first-order valence-electron chi connectivity index (χ1n) is 7.55. The van der Waals surface area contributed by atoms with Crippen LogP contribution in [0.3, 0.4) is 0 Å². The predicted molar refractivity (Wildman–Crippen MR) is 94.1 cm³/mol. The Bertz CT molecular complexity index is 926. The summed E-state index contributed by atoms with van der Waals surface area (Å²) in [4.78, 5) is 27.3. The number of nitrogens with zero attached hydrogens (tertiary/aromatic N) is 4. The molecule has 0 spiro atoms. The van der Waals surface area contributed by atoms with Crippen molar-refractivity contribution in [2.24, 2.45) is 0 Å². The number of amides is 1. The van der Waals surface area contributed by atoms with Crippen molar-refractivity contribution in [1.29, 1.82) is 0 Å². The van der Waals surface area contributed by atoms with Gasteiger partial charge in [0.2, 0.25) is 0 Å². The molecule has 2 aromatic heterocycles. The van der Waals surface area contributed by atoms with Crippen LogP contribution in [0.5, 0.6) is 0 Å². The number of carbonyl (C=O) groups is 1. The van der Waals surface area contributed by atoms with Crippen molar-refractivity contribution in [3.05, 3.63) is 64.2 Å². The molecular formula is C18H17ClN4O. The maximum Gasteiger partial charge on any atom is 0.253 e. The second-order valence-electron chi connectivity index (χ2n) is 5.71. The number of hydrogen-bond donors (Lipinski definition) is 0. The summed E-state index contributed by atoms with van der Waals surface area (Å²) in [7, 11) is 1.74. The first kappa shape index (κ1) is 16.3. The topological polar surface area (TPSA) is 59.0 Å². The van der Waals surface area contributed by atoms with Crippen LogP contribution < -0.4 is 0 Å². The summed E-state index contributed by atoms with van der Waals surface area (Å²) in [5.74, 6) is -0.100. The van der Waals surface area contributed by atoms with Crippen molar-refractivity contribution >= 4 is 28.5 Å². The standard InChI is InChI=1S/C18H17ClN4O/c1-11-12(2)22-16-9-13(6-7-15(16)21-11)18(24)23(3)10-14-5-4-8-20-17(14)19/h4-9H,10H2,1-3H3. The van der Waals surface area contributed by atoms with Crippen molar-refractivity contribution in [2.75, 3.05) is 7.05 Å². The Balaban J connectivity index is 1.87. The maximum atomic E-state index is 12.7. The van der Waals surface area contributed by atoms with Crippen LogP contribution in [-0.2, 0) is 6.54 Å². The van der Waals surface area contributed by atoms with Gasteiger partial charge in [-0.05, 0) is 38.1 Å². The number of fused-ring (bicyclic) bond motifs is 1. The van der Waals surface area contributed by atoms with Gasteiger partial charge in [-0.2, -0.15) is 0 Å². The van der Waals surface area contributed by atoms with E-state index in [0.717, 1.165) is 28.0 Å². The lowest BCUT2D eigenvalue weighted by Gasteiger charge is -2.18. The van der Waals surface area contributed by atoms with Gasteiger partial charge in [-0.3, -0.25) is 4.79 Å². The molecule has 0 unspecified atom stereocenters. The molecule has 0 N–H and O–H groups in total. The van der Waals surface area contributed by atoms with Gasteiger partial charge in [-0.25, -0.2) is 15.0 Å². The molecule has 0 bridgehead atoms. The zero-order chi connectivity index (χ0) is 17.3. The third-order valence-corrected chi connectivity index (χ3v) is 4.25. The zero-order valence-corrected chi connectivity index (χ0v) is 14.5. The molecule has 6 heteroatoms. The van der Waals surface area contributed by atoms with E-state index < -0.39 is 0 Å². The van der Waals surface area contributed by atoms with E-state index in [0.29, 0.717) is 17.3 Å². The molecular weight excluding hydrogens is 324 g/mol. The van der Waals surface area contributed by atoms with E-state index in [1.165, 1.54) is 0 Å². The molecule has 0 aliphatic rings. The van der Waals surface area contributed by atoms with Gasteiger partial charge in [0.15, 0.2) is 0 Å². The van der Waals surface area contributed by atoms with Gasteiger partial charge in [0.1, 0.15) is 5.15 Å². The smallest absolute Gasteiger partial charge is 0.253 e. The van der Waals surface area contributed by atoms with Crippen molar-refractivity contribution in [3.63, 3.8) is 0 Å². The van der Waals surface area contributed by atoms with E-state index in [1.807, 2.05) is 26.0 Å². The van der Waals surface area contributed by atoms with Crippen LogP contribution in [-0.4, -0.2) is 32.8 Å². The lowest BCUT2D eigenvalue weighted by Crippen LogP contribution is -2.26. The summed E-state index contributed by atoms with van der Waals surface area (Å²) < 4.78 is 0. The first-order chi connectivity index (χ1) is 11.5. The van der Waals surface area contributed by atoms with Crippen LogP contribution >= 0.6 is 11.6 Å². The van der Waals surface area contributed by atoms with Crippen LogP contribution in [0.4, 0.5) is 0 Å². The quantitative estimate of drug-likeness (QED) is 0.684. The van der Waals surface area contributed by atoms with Crippen LogP contribution in [0.15, 0.2) is 36.5 Å². The lowest BCUT2D eigenvalue weighted by atomic mass is 10.1. The van der Waals surface area contributed by atoms with Crippen molar-refractivity contribution in [2.45, 2.75) is 20.4 Å². The van der Waals surface area contributed by atoms with Crippen LogP contribution in [0.1, 0.15) is 27.3 Å². The van der Waals surface area contributed by atoms with Gasteiger partial charge in [0, 0.05) is 30.9 Å². The average molecular weight is 341 g/mol. The zero-order valence-electron chi connectivity index (χ0n) is 13.7. The molecule has 3 aromatic rings. The van der Waals surface area contributed by atoms with Gasteiger partial charge in [-0.15, -0.1) is 0 Å². The molecule has 5 nitrogen and oxygen atoms in total. The highest BCUT2D eigenvalue weighted by molar-refractivity contribution is 6.30. The van der Waals surface area contributed by atoms with Gasteiger partial charge < -0.3 is 4.90 Å². The van der Waals surface area contributed by atoms with Gasteiger partial charge in [0.05, 0.1) is 22.4 Å². The van der Waals surface area contributed by atoms with Gasteiger partial charge in [0.25, 0.3) is 5.91 Å². The van der Waals surface area contributed by atoms with Crippen LogP contribution in [0.25, 0.3) is 11.0 Å². The van der Waals surface area contributed by atoms with E-state index >= 15 is 0 Å². The second kappa shape index (κ2) is 6.53. The summed E-state index contributed by atoms with van der Waals surface area (Å²) in [6.07, 6.45) is 1.62. The number of rotatable bonds is 3. The Morgan fingerprint density at radius 3 is 2.54 bits per heavy atom. The molecule has 0 aliphatic carbocycles.